The quantitative estimate of drug-likeness (QED) is 0.584. The van der Waals surface area contributed by atoms with Gasteiger partial charge in [0.25, 0.3) is 0 Å². The lowest BCUT2D eigenvalue weighted by Crippen LogP contribution is -2.40. The number of halogens is 1. The normalized spacial score (nSPS) is 33.2. The Labute approximate surface area is 148 Å². The summed E-state index contributed by atoms with van der Waals surface area (Å²) in [5.41, 5.74) is 0.109. The van der Waals surface area contributed by atoms with Crippen molar-refractivity contribution in [1.82, 2.24) is 0 Å². The minimum Gasteiger partial charge on any atom is -0.465 e. The van der Waals surface area contributed by atoms with E-state index in [-0.39, 0.29) is 18.0 Å². The van der Waals surface area contributed by atoms with E-state index in [0.29, 0.717) is 13.2 Å². The third kappa shape index (κ3) is 2.24. The monoisotopic (exact) mass is 391 g/mol. The van der Waals surface area contributed by atoms with Crippen molar-refractivity contribution in [2.75, 3.05) is 18.1 Å². The average Bonchev–Trinajstić information content (AvgIpc) is 3.22. The van der Waals surface area contributed by atoms with Crippen LogP contribution in [0.5, 0.6) is 0 Å². The third-order valence-corrected chi connectivity index (χ3v) is 5.49. The van der Waals surface area contributed by atoms with Gasteiger partial charge in [-0.3, -0.25) is 9.59 Å². The van der Waals surface area contributed by atoms with E-state index in [9.17, 15) is 9.59 Å². The van der Waals surface area contributed by atoms with Gasteiger partial charge in [0.1, 0.15) is 11.5 Å². The van der Waals surface area contributed by atoms with Crippen molar-refractivity contribution in [2.24, 2.45) is 11.8 Å². The average molecular weight is 392 g/mol. The molecule has 2 bridgehead atoms. The van der Waals surface area contributed by atoms with Crippen molar-refractivity contribution in [1.29, 1.82) is 0 Å². The molecule has 126 valence electrons. The molecule has 1 aromatic rings. The number of esters is 1. The van der Waals surface area contributed by atoms with Crippen molar-refractivity contribution < 1.29 is 19.1 Å². The first-order chi connectivity index (χ1) is 11.6. The predicted molar refractivity (Wildman–Crippen MR) is 91.5 cm³/mol. The second-order valence-electron chi connectivity index (χ2n) is 6.47. The van der Waals surface area contributed by atoms with E-state index in [1.807, 2.05) is 43.3 Å². The Bertz CT molecular complexity index is 716. The fourth-order valence-electron chi connectivity index (χ4n) is 3.91. The van der Waals surface area contributed by atoms with Crippen LogP contribution >= 0.6 is 15.9 Å². The zero-order valence-electron chi connectivity index (χ0n) is 13.3. The SMILES string of the molecule is CCCOC(=O)[C@@H]1[C@@H]2C=C[C@]3(CN(c4ccc(Br)cc4)C(=O)[C@H]13)O2. The number of carbonyl (C=O) groups is 2. The Morgan fingerprint density at radius 2 is 2.17 bits per heavy atom. The van der Waals surface area contributed by atoms with Gasteiger partial charge in [-0.1, -0.05) is 35.0 Å². The maximum Gasteiger partial charge on any atom is 0.312 e. The number of ether oxygens (including phenoxy) is 2. The lowest BCUT2D eigenvalue weighted by Gasteiger charge is -2.22. The molecule has 0 N–H and O–H groups in total. The molecular formula is C18H18BrNO4. The summed E-state index contributed by atoms with van der Waals surface area (Å²) in [4.78, 5) is 27.2. The Hall–Kier alpha value is -1.66. The van der Waals surface area contributed by atoms with Crippen molar-refractivity contribution in [3.8, 4) is 0 Å². The largest absolute Gasteiger partial charge is 0.465 e. The van der Waals surface area contributed by atoms with E-state index < -0.39 is 17.4 Å². The van der Waals surface area contributed by atoms with Crippen LogP contribution in [0.4, 0.5) is 5.69 Å². The first-order valence-electron chi connectivity index (χ1n) is 8.16. The molecule has 3 heterocycles. The summed E-state index contributed by atoms with van der Waals surface area (Å²) in [6.07, 6.45) is 4.25. The number of hydrogen-bond donors (Lipinski definition) is 0. The Kier molecular flexibility index (Phi) is 3.77. The molecule has 4 rings (SSSR count). The van der Waals surface area contributed by atoms with Gasteiger partial charge in [0, 0.05) is 10.2 Å². The maximum atomic E-state index is 13.0. The minimum atomic E-state index is -0.704. The van der Waals surface area contributed by atoms with Crippen molar-refractivity contribution in [3.63, 3.8) is 0 Å². The molecule has 0 aliphatic carbocycles. The number of rotatable bonds is 4. The van der Waals surface area contributed by atoms with Crippen molar-refractivity contribution in [3.05, 3.63) is 40.9 Å². The zero-order chi connectivity index (χ0) is 16.9. The van der Waals surface area contributed by atoms with Gasteiger partial charge in [-0.25, -0.2) is 0 Å². The molecule has 5 nitrogen and oxygen atoms in total. The lowest BCUT2D eigenvalue weighted by molar-refractivity contribution is -0.152. The van der Waals surface area contributed by atoms with E-state index in [2.05, 4.69) is 15.9 Å². The van der Waals surface area contributed by atoms with Crippen LogP contribution in [0.3, 0.4) is 0 Å². The zero-order valence-corrected chi connectivity index (χ0v) is 14.9. The highest BCUT2D eigenvalue weighted by Gasteiger charge is 2.67. The van der Waals surface area contributed by atoms with Crippen LogP contribution in [0.1, 0.15) is 13.3 Å². The van der Waals surface area contributed by atoms with Gasteiger partial charge in [-0.05, 0) is 30.7 Å². The Balaban J connectivity index is 1.64. The number of nitrogens with zero attached hydrogens (tertiary/aromatic N) is 1. The second kappa shape index (κ2) is 5.70. The number of benzene rings is 1. The van der Waals surface area contributed by atoms with Gasteiger partial charge in [-0.15, -0.1) is 0 Å². The van der Waals surface area contributed by atoms with Crippen LogP contribution in [-0.4, -0.2) is 36.7 Å². The Morgan fingerprint density at radius 3 is 2.88 bits per heavy atom. The number of anilines is 1. The smallest absolute Gasteiger partial charge is 0.312 e. The van der Waals surface area contributed by atoms with Gasteiger partial charge >= 0.3 is 5.97 Å². The van der Waals surface area contributed by atoms with E-state index in [1.54, 1.807) is 4.90 Å². The van der Waals surface area contributed by atoms with E-state index in [0.717, 1.165) is 16.6 Å². The number of amides is 1. The van der Waals surface area contributed by atoms with E-state index >= 15 is 0 Å². The lowest BCUT2D eigenvalue weighted by atomic mass is 9.77. The highest BCUT2D eigenvalue weighted by Crippen LogP contribution is 2.52. The van der Waals surface area contributed by atoms with Crippen LogP contribution in [0.2, 0.25) is 0 Å². The molecule has 1 aromatic carbocycles. The molecule has 2 fully saturated rings. The van der Waals surface area contributed by atoms with Gasteiger partial charge in [0.15, 0.2) is 0 Å². The molecule has 3 aliphatic heterocycles. The number of carbonyl (C=O) groups excluding carboxylic acids is 2. The first kappa shape index (κ1) is 15.8. The summed E-state index contributed by atoms with van der Waals surface area (Å²) in [6.45, 7) is 2.75. The van der Waals surface area contributed by atoms with Gasteiger partial charge < -0.3 is 14.4 Å². The molecule has 6 heteroatoms. The van der Waals surface area contributed by atoms with E-state index in [1.165, 1.54) is 0 Å². The van der Waals surface area contributed by atoms with Crippen LogP contribution in [0.25, 0.3) is 0 Å². The molecule has 0 unspecified atom stereocenters. The first-order valence-corrected chi connectivity index (χ1v) is 8.96. The fourth-order valence-corrected chi connectivity index (χ4v) is 4.17. The van der Waals surface area contributed by atoms with Gasteiger partial charge in [0.2, 0.25) is 5.91 Å². The highest BCUT2D eigenvalue weighted by atomic mass is 79.9. The van der Waals surface area contributed by atoms with Crippen molar-refractivity contribution >= 4 is 33.5 Å². The molecule has 0 aromatic heterocycles. The number of hydrogen-bond acceptors (Lipinski definition) is 4. The molecule has 2 saturated heterocycles. The summed E-state index contributed by atoms with van der Waals surface area (Å²) in [5, 5.41) is 0. The highest BCUT2D eigenvalue weighted by molar-refractivity contribution is 9.10. The summed E-state index contributed by atoms with van der Waals surface area (Å²) >= 11 is 3.40. The molecule has 1 spiro atoms. The fraction of sp³-hybridized carbons (Fsp3) is 0.444. The molecule has 4 atom stereocenters. The molecule has 3 aliphatic rings. The molecular weight excluding hydrogens is 374 g/mol. The van der Waals surface area contributed by atoms with Gasteiger partial charge in [-0.2, -0.15) is 0 Å². The van der Waals surface area contributed by atoms with Gasteiger partial charge in [0.05, 0.1) is 25.2 Å². The number of fused-ring (bicyclic) bond motifs is 1. The van der Waals surface area contributed by atoms with Crippen LogP contribution in [0.15, 0.2) is 40.9 Å². The maximum absolute atomic E-state index is 13.0. The summed E-state index contributed by atoms with van der Waals surface area (Å²) in [7, 11) is 0. The summed E-state index contributed by atoms with van der Waals surface area (Å²) < 4.78 is 12.3. The van der Waals surface area contributed by atoms with Crippen LogP contribution in [0, 0.1) is 11.8 Å². The predicted octanol–water partition coefficient (Wildman–Crippen LogP) is 2.69. The van der Waals surface area contributed by atoms with Crippen LogP contribution in [-0.2, 0) is 19.1 Å². The van der Waals surface area contributed by atoms with Crippen LogP contribution < -0.4 is 4.90 Å². The van der Waals surface area contributed by atoms with E-state index in [4.69, 9.17) is 9.47 Å². The summed E-state index contributed by atoms with van der Waals surface area (Å²) in [5.74, 6) is -1.44. The standard InChI is InChI=1S/C18H18BrNO4/c1-2-9-23-17(22)14-13-7-8-18(24-13)10-20(16(21)15(14)18)12-5-3-11(19)4-6-12/h3-8,13-15H,2,9-10H2,1H3/t13-,14+,15-,18+/m0/s1. The topological polar surface area (TPSA) is 55.8 Å². The minimum absolute atomic E-state index is 0.0670. The third-order valence-electron chi connectivity index (χ3n) is 4.96. The molecule has 1 amide bonds. The second-order valence-corrected chi connectivity index (χ2v) is 7.38. The summed E-state index contributed by atoms with van der Waals surface area (Å²) in [6, 6.07) is 7.57. The van der Waals surface area contributed by atoms with Crippen molar-refractivity contribution in [2.45, 2.75) is 25.0 Å². The molecule has 24 heavy (non-hydrogen) atoms. The molecule has 0 saturated carbocycles. The Morgan fingerprint density at radius 1 is 1.42 bits per heavy atom. The molecule has 0 radical (unpaired) electrons.